The summed E-state index contributed by atoms with van der Waals surface area (Å²) in [5.74, 6) is -1.22. The summed E-state index contributed by atoms with van der Waals surface area (Å²) >= 11 is 0. The molecule has 1 fully saturated rings. The van der Waals surface area contributed by atoms with Gasteiger partial charge >= 0.3 is 5.97 Å². The van der Waals surface area contributed by atoms with E-state index in [0.29, 0.717) is 24.0 Å². The van der Waals surface area contributed by atoms with Gasteiger partial charge in [0.05, 0.1) is 23.1 Å². The fourth-order valence-electron chi connectivity index (χ4n) is 7.69. The molecule has 248 valence electrons. The third-order valence-corrected chi connectivity index (χ3v) is 10.4. The van der Waals surface area contributed by atoms with Gasteiger partial charge in [-0.15, -0.1) is 0 Å². The molecule has 46 heavy (non-hydrogen) atoms. The first-order chi connectivity index (χ1) is 22.5. The van der Waals surface area contributed by atoms with Gasteiger partial charge in [0, 0.05) is 0 Å². The highest BCUT2D eigenvalue weighted by atomic mass is 16.5. The lowest BCUT2D eigenvalue weighted by Crippen LogP contribution is -2.49. The summed E-state index contributed by atoms with van der Waals surface area (Å²) in [5.41, 5.74) is 0.899. The molecule has 1 unspecified atom stereocenters. The normalized spacial score (nSPS) is 18.8. The maximum Gasteiger partial charge on any atom is 0.311 e. The number of unbranched alkanes of at least 4 members (excludes halogenated alkanes) is 11. The maximum absolute atomic E-state index is 13.9. The van der Waals surface area contributed by atoms with E-state index in [4.69, 9.17) is 4.74 Å². The molecule has 0 saturated heterocycles. The first-order valence-electron chi connectivity index (χ1n) is 18.6. The molecule has 0 spiro atoms. The number of nitrogens with zero attached hydrogens (tertiary/aromatic N) is 1. The number of carbonyl (C=O) groups excluding carboxylic acids is 3. The third-order valence-electron chi connectivity index (χ3n) is 10.4. The number of hydrogen-bond donors (Lipinski definition) is 0. The summed E-state index contributed by atoms with van der Waals surface area (Å²) in [6, 6.07) is 15.6. The predicted molar refractivity (Wildman–Crippen MR) is 188 cm³/mol. The lowest BCUT2D eigenvalue weighted by Gasteiger charge is -2.36. The van der Waals surface area contributed by atoms with Crippen molar-refractivity contribution in [2.24, 2.45) is 5.92 Å². The van der Waals surface area contributed by atoms with Crippen LogP contribution in [0.4, 0.5) is 0 Å². The number of fused-ring (bicyclic) bond motifs is 3. The highest BCUT2D eigenvalue weighted by Crippen LogP contribution is 2.37. The number of esters is 1. The predicted octanol–water partition coefficient (Wildman–Crippen LogP) is 11.0. The molecule has 1 aliphatic heterocycles. The molecule has 2 aliphatic rings. The molecular weight excluding hydrogens is 570 g/mol. The van der Waals surface area contributed by atoms with Crippen molar-refractivity contribution in [2.45, 2.75) is 148 Å². The molecule has 0 radical (unpaired) electrons. The van der Waals surface area contributed by atoms with Gasteiger partial charge in [-0.25, -0.2) is 0 Å². The zero-order chi connectivity index (χ0) is 32.3. The SMILES string of the molecule is CCCCCCCCCC(CCCCCCCC)OC(=O)[C@@H]1CCCC[C@@H]1N1C(=O)c2cc3cc4ccccc4cc3cc2C1=O. The van der Waals surface area contributed by atoms with E-state index in [-0.39, 0.29) is 23.9 Å². The first-order valence-corrected chi connectivity index (χ1v) is 18.6. The molecular formula is C41H55NO4. The number of ether oxygens (including phenoxy) is 1. The lowest BCUT2D eigenvalue weighted by molar-refractivity contribution is -0.158. The van der Waals surface area contributed by atoms with Crippen molar-refractivity contribution < 1.29 is 19.1 Å². The minimum Gasteiger partial charge on any atom is -0.462 e. The van der Waals surface area contributed by atoms with Gasteiger partial charge in [-0.05, 0) is 84.3 Å². The summed E-state index contributed by atoms with van der Waals surface area (Å²) < 4.78 is 6.32. The fourth-order valence-corrected chi connectivity index (χ4v) is 7.69. The number of amides is 2. The summed E-state index contributed by atoms with van der Waals surface area (Å²) in [6.07, 6.45) is 20.8. The Bertz CT molecular complexity index is 1400. The molecule has 5 rings (SSSR count). The smallest absolute Gasteiger partial charge is 0.311 e. The highest BCUT2D eigenvalue weighted by molar-refractivity contribution is 6.23. The molecule has 1 heterocycles. The minimum absolute atomic E-state index is 0.0847. The second-order valence-electron chi connectivity index (χ2n) is 13.9. The monoisotopic (exact) mass is 625 g/mol. The first kappa shape index (κ1) is 34.1. The van der Waals surface area contributed by atoms with Crippen LogP contribution in [0.5, 0.6) is 0 Å². The molecule has 1 saturated carbocycles. The maximum atomic E-state index is 13.9. The Hall–Kier alpha value is -3.21. The quantitative estimate of drug-likeness (QED) is 0.0610. The van der Waals surface area contributed by atoms with Crippen LogP contribution in [0.15, 0.2) is 48.5 Å². The van der Waals surface area contributed by atoms with Crippen molar-refractivity contribution in [1.29, 1.82) is 0 Å². The Morgan fingerprint density at radius 3 is 1.67 bits per heavy atom. The van der Waals surface area contributed by atoms with Crippen molar-refractivity contribution in [3.05, 3.63) is 59.7 Å². The number of carbonyl (C=O) groups is 3. The van der Waals surface area contributed by atoms with Crippen molar-refractivity contribution >= 4 is 39.3 Å². The van der Waals surface area contributed by atoms with E-state index in [2.05, 4.69) is 38.1 Å². The van der Waals surface area contributed by atoms with Crippen LogP contribution in [0, 0.1) is 5.92 Å². The van der Waals surface area contributed by atoms with E-state index in [0.717, 1.165) is 60.1 Å². The van der Waals surface area contributed by atoms with Gasteiger partial charge in [0.25, 0.3) is 11.8 Å². The zero-order valence-electron chi connectivity index (χ0n) is 28.4. The van der Waals surface area contributed by atoms with Crippen molar-refractivity contribution in [1.82, 2.24) is 4.90 Å². The van der Waals surface area contributed by atoms with Gasteiger partial charge < -0.3 is 4.74 Å². The van der Waals surface area contributed by atoms with Gasteiger partial charge in [0.15, 0.2) is 0 Å². The van der Waals surface area contributed by atoms with E-state index >= 15 is 0 Å². The Morgan fingerprint density at radius 2 is 1.15 bits per heavy atom. The standard InChI is InChI=1S/C41H55NO4/c1-3-5-7-9-11-13-15-23-34(22-14-12-10-8-6-4-2)46-41(45)35-24-18-19-25-38(35)42-39(43)36-28-32-26-30-20-16-17-21-31(30)27-33(32)29-37(36)40(42)44/h16-17,20-21,26-29,34-35,38H,3-15,18-19,22-25H2,1-2H3/t34?,35-,38+/m1/s1. The molecule has 0 N–H and O–H groups in total. The van der Waals surface area contributed by atoms with Crippen LogP contribution in [-0.4, -0.2) is 34.8 Å². The average molecular weight is 626 g/mol. The van der Waals surface area contributed by atoms with E-state index in [1.165, 1.54) is 75.5 Å². The molecule has 0 bridgehead atoms. The topological polar surface area (TPSA) is 63.7 Å². The van der Waals surface area contributed by atoms with Gasteiger partial charge in [0.1, 0.15) is 6.10 Å². The van der Waals surface area contributed by atoms with E-state index in [1.807, 2.05) is 24.3 Å². The van der Waals surface area contributed by atoms with Crippen molar-refractivity contribution in [3.8, 4) is 0 Å². The van der Waals surface area contributed by atoms with Crippen molar-refractivity contribution in [2.75, 3.05) is 0 Å². The van der Waals surface area contributed by atoms with E-state index in [9.17, 15) is 14.4 Å². The van der Waals surface area contributed by atoms with Gasteiger partial charge in [-0.1, -0.05) is 122 Å². The number of imide groups is 1. The van der Waals surface area contributed by atoms with Crippen LogP contribution in [0.2, 0.25) is 0 Å². The number of hydrogen-bond acceptors (Lipinski definition) is 4. The van der Waals surface area contributed by atoms with Crippen LogP contribution in [0.1, 0.15) is 157 Å². The van der Waals surface area contributed by atoms with Crippen molar-refractivity contribution in [3.63, 3.8) is 0 Å². The van der Waals surface area contributed by atoms with Gasteiger partial charge in [0.2, 0.25) is 0 Å². The largest absolute Gasteiger partial charge is 0.462 e. The molecule has 5 nitrogen and oxygen atoms in total. The van der Waals surface area contributed by atoms with Gasteiger partial charge in [-0.2, -0.15) is 0 Å². The fraction of sp³-hybridized carbons (Fsp3) is 0.585. The molecule has 0 aromatic heterocycles. The summed E-state index contributed by atoms with van der Waals surface area (Å²) in [7, 11) is 0. The summed E-state index contributed by atoms with van der Waals surface area (Å²) in [5, 5.41) is 4.10. The molecule has 2 amide bonds. The van der Waals surface area contributed by atoms with E-state index in [1.54, 1.807) is 0 Å². The number of benzene rings is 3. The van der Waals surface area contributed by atoms with Crippen LogP contribution in [0.3, 0.4) is 0 Å². The average Bonchev–Trinajstić information content (AvgIpc) is 3.31. The van der Waals surface area contributed by atoms with Crippen LogP contribution < -0.4 is 0 Å². The van der Waals surface area contributed by atoms with E-state index < -0.39 is 12.0 Å². The van der Waals surface area contributed by atoms with Crippen LogP contribution >= 0.6 is 0 Å². The Morgan fingerprint density at radius 1 is 0.674 bits per heavy atom. The van der Waals surface area contributed by atoms with Gasteiger partial charge in [-0.3, -0.25) is 19.3 Å². The Kier molecular flexibility index (Phi) is 12.7. The van der Waals surface area contributed by atoms with Crippen LogP contribution in [0.25, 0.3) is 21.5 Å². The third kappa shape index (κ3) is 8.38. The highest BCUT2D eigenvalue weighted by Gasteiger charge is 2.46. The molecule has 3 atom stereocenters. The summed E-state index contributed by atoms with van der Waals surface area (Å²) in [4.78, 5) is 43.1. The lowest BCUT2D eigenvalue weighted by atomic mass is 9.83. The second kappa shape index (κ2) is 17.1. The summed E-state index contributed by atoms with van der Waals surface area (Å²) in [6.45, 7) is 4.48. The molecule has 3 aromatic rings. The molecule has 5 heteroatoms. The van der Waals surface area contributed by atoms with Crippen LogP contribution in [-0.2, 0) is 9.53 Å². The Labute approximate surface area is 276 Å². The molecule has 3 aromatic carbocycles. The Balaban J connectivity index is 1.26. The molecule has 1 aliphatic carbocycles. The zero-order valence-corrected chi connectivity index (χ0v) is 28.4. The minimum atomic E-state index is -0.464. The second-order valence-corrected chi connectivity index (χ2v) is 13.9. The number of rotatable bonds is 18.